The van der Waals surface area contributed by atoms with Crippen LogP contribution in [0.3, 0.4) is 0 Å². The predicted octanol–water partition coefficient (Wildman–Crippen LogP) is 4.02. The van der Waals surface area contributed by atoms with Gasteiger partial charge in [0.25, 0.3) is 0 Å². The number of hydrogen-bond donors (Lipinski definition) is 0. The number of nitrogens with zero attached hydrogens (tertiary/aromatic N) is 1. The van der Waals surface area contributed by atoms with E-state index in [9.17, 15) is 4.79 Å². The molecule has 0 aliphatic heterocycles. The number of benzene rings is 1. The highest BCUT2D eigenvalue weighted by molar-refractivity contribution is 9.10. The van der Waals surface area contributed by atoms with E-state index in [1.807, 2.05) is 23.7 Å². The van der Waals surface area contributed by atoms with Gasteiger partial charge in [-0.2, -0.15) is 0 Å². The number of carbonyl (C=O) groups is 1. The average Bonchev–Trinajstić information content (AvgIpc) is 2.70. The fourth-order valence-corrected chi connectivity index (χ4v) is 3.38. The molecule has 108 valence electrons. The molecule has 0 saturated heterocycles. The van der Waals surface area contributed by atoms with Gasteiger partial charge >= 0.3 is 5.97 Å². The van der Waals surface area contributed by atoms with Crippen LogP contribution >= 0.6 is 31.9 Å². The van der Waals surface area contributed by atoms with E-state index in [2.05, 4.69) is 31.9 Å². The largest absolute Gasteiger partial charge is 0.496 e. The van der Waals surface area contributed by atoms with Gasteiger partial charge in [0.15, 0.2) is 0 Å². The van der Waals surface area contributed by atoms with Crippen molar-refractivity contribution >= 4 is 48.7 Å². The Balaban J connectivity index is 2.79. The molecule has 0 saturated carbocycles. The van der Waals surface area contributed by atoms with Gasteiger partial charge in [-0.3, -0.25) is 0 Å². The summed E-state index contributed by atoms with van der Waals surface area (Å²) in [5.74, 6) is 0.381. The Kier molecular flexibility index (Phi) is 4.75. The number of esters is 1. The van der Waals surface area contributed by atoms with Crippen LogP contribution < -0.4 is 4.74 Å². The van der Waals surface area contributed by atoms with Gasteiger partial charge in [-0.05, 0) is 35.0 Å². The van der Waals surface area contributed by atoms with Gasteiger partial charge in [-0.1, -0.05) is 15.9 Å². The second-order valence-electron chi connectivity index (χ2n) is 4.24. The Labute approximate surface area is 134 Å². The molecule has 2 rings (SSSR count). The summed E-state index contributed by atoms with van der Waals surface area (Å²) in [7, 11) is 3.53. The van der Waals surface area contributed by atoms with E-state index in [0.29, 0.717) is 23.2 Å². The topological polar surface area (TPSA) is 40.5 Å². The summed E-state index contributed by atoms with van der Waals surface area (Å²) in [4.78, 5) is 12.2. The van der Waals surface area contributed by atoms with E-state index in [-0.39, 0.29) is 5.97 Å². The Morgan fingerprint density at radius 1 is 1.40 bits per heavy atom. The highest BCUT2D eigenvalue weighted by Crippen LogP contribution is 2.35. The molecule has 6 heteroatoms. The maximum Gasteiger partial charge on any atom is 0.340 e. The van der Waals surface area contributed by atoms with Crippen LogP contribution in [0, 0.1) is 0 Å². The van der Waals surface area contributed by atoms with Crippen molar-refractivity contribution in [1.82, 2.24) is 4.57 Å². The van der Waals surface area contributed by atoms with Crippen LogP contribution in [0.1, 0.15) is 23.0 Å². The second kappa shape index (κ2) is 6.18. The van der Waals surface area contributed by atoms with Crippen molar-refractivity contribution in [2.45, 2.75) is 12.3 Å². The summed E-state index contributed by atoms with van der Waals surface area (Å²) in [5.41, 5.74) is 2.43. The minimum Gasteiger partial charge on any atom is -0.496 e. The number of halogens is 2. The van der Waals surface area contributed by atoms with Crippen molar-refractivity contribution in [1.29, 1.82) is 0 Å². The zero-order valence-corrected chi connectivity index (χ0v) is 14.7. The highest BCUT2D eigenvalue weighted by atomic mass is 79.9. The van der Waals surface area contributed by atoms with Crippen LogP contribution in [-0.4, -0.2) is 24.3 Å². The van der Waals surface area contributed by atoms with Crippen molar-refractivity contribution in [3.63, 3.8) is 0 Å². The third-order valence-corrected chi connectivity index (χ3v) is 4.35. The Morgan fingerprint density at radius 3 is 2.65 bits per heavy atom. The van der Waals surface area contributed by atoms with Gasteiger partial charge in [0.1, 0.15) is 5.75 Å². The zero-order valence-electron chi connectivity index (χ0n) is 11.5. The molecule has 1 heterocycles. The van der Waals surface area contributed by atoms with Gasteiger partial charge in [0.05, 0.1) is 29.3 Å². The lowest BCUT2D eigenvalue weighted by molar-refractivity contribution is 0.0527. The van der Waals surface area contributed by atoms with Crippen LogP contribution in [0.4, 0.5) is 0 Å². The monoisotopic (exact) mass is 403 g/mol. The number of methoxy groups -OCH3 is 1. The van der Waals surface area contributed by atoms with Gasteiger partial charge in [-0.15, -0.1) is 0 Å². The molecule has 1 aromatic carbocycles. The summed E-state index contributed by atoms with van der Waals surface area (Å²) >= 11 is 6.91. The van der Waals surface area contributed by atoms with Gasteiger partial charge < -0.3 is 14.0 Å². The fourth-order valence-electron chi connectivity index (χ4n) is 2.23. The Morgan fingerprint density at radius 2 is 2.10 bits per heavy atom. The van der Waals surface area contributed by atoms with Gasteiger partial charge in [0, 0.05) is 23.5 Å². The van der Waals surface area contributed by atoms with Crippen LogP contribution in [0.15, 0.2) is 16.6 Å². The molecule has 4 nitrogen and oxygen atoms in total. The lowest BCUT2D eigenvalue weighted by Crippen LogP contribution is -2.07. The van der Waals surface area contributed by atoms with Crippen LogP contribution in [-0.2, 0) is 17.1 Å². The number of rotatable bonds is 4. The zero-order chi connectivity index (χ0) is 14.9. The number of fused-ring (bicyclic) bond motifs is 1. The van der Waals surface area contributed by atoms with E-state index < -0.39 is 0 Å². The summed E-state index contributed by atoms with van der Waals surface area (Å²) < 4.78 is 13.3. The third-order valence-electron chi connectivity index (χ3n) is 3.20. The first kappa shape index (κ1) is 15.4. The molecule has 1 aromatic heterocycles. The highest BCUT2D eigenvalue weighted by Gasteiger charge is 2.22. The first-order valence-corrected chi connectivity index (χ1v) is 8.04. The number of hydrogen-bond acceptors (Lipinski definition) is 3. The smallest absolute Gasteiger partial charge is 0.340 e. The molecular formula is C14H15Br2NO3. The van der Waals surface area contributed by atoms with E-state index in [0.717, 1.165) is 21.1 Å². The molecular weight excluding hydrogens is 390 g/mol. The minimum absolute atomic E-state index is 0.308. The van der Waals surface area contributed by atoms with E-state index in [1.54, 1.807) is 14.0 Å². The molecule has 0 unspecified atom stereocenters. The predicted molar refractivity (Wildman–Crippen MR) is 85.8 cm³/mol. The summed E-state index contributed by atoms with van der Waals surface area (Å²) in [6.45, 7) is 2.15. The number of ether oxygens (including phenoxy) is 2. The van der Waals surface area contributed by atoms with Crippen LogP contribution in [0.5, 0.6) is 5.75 Å². The van der Waals surface area contributed by atoms with Gasteiger partial charge in [-0.25, -0.2) is 4.79 Å². The fraction of sp³-hybridized carbons (Fsp3) is 0.357. The first-order chi connectivity index (χ1) is 9.54. The Hall–Kier alpha value is -1.01. The van der Waals surface area contributed by atoms with E-state index in [1.165, 1.54) is 0 Å². The normalized spacial score (nSPS) is 10.8. The van der Waals surface area contributed by atoms with Crippen molar-refractivity contribution in [2.75, 3.05) is 13.7 Å². The number of alkyl halides is 1. The molecule has 2 aromatic rings. The number of carbonyl (C=O) groups excluding carboxylic acids is 1. The second-order valence-corrected chi connectivity index (χ2v) is 5.65. The summed E-state index contributed by atoms with van der Waals surface area (Å²) in [6, 6.07) is 3.81. The summed E-state index contributed by atoms with van der Waals surface area (Å²) in [6.07, 6.45) is 0. The first-order valence-electron chi connectivity index (χ1n) is 6.13. The van der Waals surface area contributed by atoms with Crippen molar-refractivity contribution in [2.24, 2.45) is 7.05 Å². The summed E-state index contributed by atoms with van der Waals surface area (Å²) in [5, 5.41) is 1.41. The van der Waals surface area contributed by atoms with Gasteiger partial charge in [0.2, 0.25) is 0 Å². The Bertz CT molecular complexity index is 664. The lowest BCUT2D eigenvalue weighted by Gasteiger charge is -2.05. The SMILES string of the molecule is CCOC(=O)c1c(CBr)n(C)c2cc(Br)c(OC)cc12. The molecule has 0 radical (unpaired) electrons. The molecule has 20 heavy (non-hydrogen) atoms. The molecule has 0 fully saturated rings. The van der Waals surface area contributed by atoms with E-state index in [4.69, 9.17) is 9.47 Å². The molecule has 0 aliphatic rings. The number of aromatic nitrogens is 1. The standard InChI is InChI=1S/C14H15Br2NO3/c1-4-20-14(18)13-8-5-12(19-3)9(16)6-10(8)17(2)11(13)7-15/h5-6H,4,7H2,1-3H3. The minimum atomic E-state index is -0.308. The number of aryl methyl sites for hydroxylation is 1. The van der Waals surface area contributed by atoms with Crippen LogP contribution in [0.25, 0.3) is 10.9 Å². The lowest BCUT2D eigenvalue weighted by atomic mass is 10.1. The van der Waals surface area contributed by atoms with Crippen LogP contribution in [0.2, 0.25) is 0 Å². The van der Waals surface area contributed by atoms with Crippen molar-refractivity contribution in [3.8, 4) is 5.75 Å². The maximum atomic E-state index is 12.2. The third kappa shape index (κ3) is 2.46. The molecule has 0 spiro atoms. The molecule has 0 amide bonds. The molecule has 0 atom stereocenters. The molecule has 0 aliphatic carbocycles. The average molecular weight is 405 g/mol. The molecule has 0 bridgehead atoms. The van der Waals surface area contributed by atoms with Crippen molar-refractivity contribution < 1.29 is 14.3 Å². The quantitative estimate of drug-likeness (QED) is 0.570. The van der Waals surface area contributed by atoms with E-state index >= 15 is 0 Å². The van der Waals surface area contributed by atoms with Crippen molar-refractivity contribution in [3.05, 3.63) is 27.9 Å². The maximum absolute atomic E-state index is 12.2. The molecule has 0 N–H and O–H groups in total.